The van der Waals surface area contributed by atoms with Gasteiger partial charge in [-0.1, -0.05) is 12.1 Å². The van der Waals surface area contributed by atoms with Crippen molar-refractivity contribution in [3.63, 3.8) is 0 Å². The molecule has 2 heterocycles. The number of halogens is 1. The van der Waals surface area contributed by atoms with Gasteiger partial charge in [0.1, 0.15) is 23.5 Å². The minimum absolute atomic E-state index is 0.0438. The number of ether oxygens (including phenoxy) is 2. The number of oxazole rings is 1. The van der Waals surface area contributed by atoms with E-state index in [0.717, 1.165) is 37.0 Å². The predicted octanol–water partition coefficient (Wildman–Crippen LogP) is 4.14. The van der Waals surface area contributed by atoms with Crippen LogP contribution in [-0.2, 0) is 16.0 Å². The van der Waals surface area contributed by atoms with Crippen molar-refractivity contribution in [2.45, 2.75) is 31.8 Å². The summed E-state index contributed by atoms with van der Waals surface area (Å²) in [5.74, 6) is 0.721. The van der Waals surface area contributed by atoms with Gasteiger partial charge in [0.05, 0.1) is 6.10 Å². The fourth-order valence-corrected chi connectivity index (χ4v) is 3.42. The molecule has 2 aromatic carbocycles. The zero-order valence-corrected chi connectivity index (χ0v) is 17.2. The lowest BCUT2D eigenvalue weighted by atomic mass is 10.1. The van der Waals surface area contributed by atoms with Gasteiger partial charge in [0.15, 0.2) is 12.5 Å². The number of amides is 1. The fourth-order valence-electron chi connectivity index (χ4n) is 3.42. The number of hydrogen-bond donors (Lipinski definition) is 1. The van der Waals surface area contributed by atoms with Crippen molar-refractivity contribution in [3.05, 3.63) is 72.1 Å². The lowest BCUT2D eigenvalue weighted by Gasteiger charge is -2.22. The van der Waals surface area contributed by atoms with E-state index in [-0.39, 0.29) is 24.4 Å². The highest BCUT2D eigenvalue weighted by molar-refractivity contribution is 5.77. The Bertz CT molecular complexity index is 980. The second-order valence-electron chi connectivity index (χ2n) is 7.54. The molecule has 31 heavy (non-hydrogen) atoms. The number of aromatic nitrogens is 1. The second-order valence-corrected chi connectivity index (χ2v) is 7.54. The van der Waals surface area contributed by atoms with Crippen molar-refractivity contribution < 1.29 is 23.1 Å². The van der Waals surface area contributed by atoms with Crippen LogP contribution in [0.4, 0.5) is 4.39 Å². The van der Waals surface area contributed by atoms with Crippen molar-refractivity contribution in [2.75, 3.05) is 19.8 Å². The zero-order chi connectivity index (χ0) is 21.5. The van der Waals surface area contributed by atoms with Crippen molar-refractivity contribution in [2.24, 2.45) is 0 Å². The molecular weight excluding hydrogens is 399 g/mol. The second kappa shape index (κ2) is 10.2. The van der Waals surface area contributed by atoms with Gasteiger partial charge < -0.3 is 19.2 Å². The van der Waals surface area contributed by atoms with Gasteiger partial charge in [-0.2, -0.15) is 0 Å². The first-order valence-electron chi connectivity index (χ1n) is 10.5. The Labute approximate surface area is 180 Å². The third kappa shape index (κ3) is 6.15. The first kappa shape index (κ1) is 21.1. The van der Waals surface area contributed by atoms with Crippen LogP contribution >= 0.6 is 0 Å². The quantitative estimate of drug-likeness (QED) is 0.589. The van der Waals surface area contributed by atoms with E-state index < -0.39 is 0 Å². The standard InChI is InChI=1S/C24H25FN2O4/c25-19-8-4-17(5-9-19)13-24-27-22(15-31-24)18-6-10-20(11-7-18)30-16-23(28)26-14-21-3-1-2-12-29-21/h4-11,15,21H,1-3,12-14,16H2,(H,26,28). The van der Waals surface area contributed by atoms with Crippen LogP contribution in [0.3, 0.4) is 0 Å². The number of nitrogens with one attached hydrogen (secondary N) is 1. The third-order valence-corrected chi connectivity index (χ3v) is 5.14. The molecule has 1 aliphatic heterocycles. The summed E-state index contributed by atoms with van der Waals surface area (Å²) in [6, 6.07) is 13.6. The SMILES string of the molecule is O=C(COc1ccc(-c2coc(Cc3ccc(F)cc3)n2)cc1)NCC1CCCCO1. The summed E-state index contributed by atoms with van der Waals surface area (Å²) in [7, 11) is 0. The fraction of sp³-hybridized carbons (Fsp3) is 0.333. The molecule has 0 radical (unpaired) electrons. The van der Waals surface area contributed by atoms with Crippen LogP contribution in [0.2, 0.25) is 0 Å². The molecule has 1 atom stereocenters. The third-order valence-electron chi connectivity index (χ3n) is 5.14. The molecule has 0 aliphatic carbocycles. The molecule has 0 spiro atoms. The summed E-state index contributed by atoms with van der Waals surface area (Å²) < 4.78 is 29.7. The van der Waals surface area contributed by atoms with Gasteiger partial charge in [0, 0.05) is 25.1 Å². The molecular formula is C24H25FN2O4. The van der Waals surface area contributed by atoms with Crippen LogP contribution in [0.5, 0.6) is 5.75 Å². The van der Waals surface area contributed by atoms with Gasteiger partial charge in [-0.15, -0.1) is 0 Å². The molecule has 162 valence electrons. The van der Waals surface area contributed by atoms with Crippen molar-refractivity contribution in [1.29, 1.82) is 0 Å². The van der Waals surface area contributed by atoms with E-state index >= 15 is 0 Å². The van der Waals surface area contributed by atoms with E-state index in [9.17, 15) is 9.18 Å². The highest BCUT2D eigenvalue weighted by atomic mass is 19.1. The molecule has 4 rings (SSSR count). The summed E-state index contributed by atoms with van der Waals surface area (Å²) in [5, 5.41) is 2.85. The molecule has 6 nitrogen and oxygen atoms in total. The molecule has 1 aromatic heterocycles. The van der Waals surface area contributed by atoms with E-state index in [1.807, 2.05) is 12.1 Å². The molecule has 3 aromatic rings. The minimum atomic E-state index is -0.269. The van der Waals surface area contributed by atoms with E-state index in [4.69, 9.17) is 13.9 Å². The number of carbonyl (C=O) groups is 1. The van der Waals surface area contributed by atoms with Crippen molar-refractivity contribution >= 4 is 5.91 Å². The number of carbonyl (C=O) groups excluding carboxylic acids is 1. The van der Waals surface area contributed by atoms with Crippen LogP contribution in [0, 0.1) is 5.82 Å². The Hall–Kier alpha value is -3.19. The van der Waals surface area contributed by atoms with Gasteiger partial charge in [-0.05, 0) is 61.2 Å². The number of benzene rings is 2. The Morgan fingerprint density at radius 1 is 1.13 bits per heavy atom. The van der Waals surface area contributed by atoms with Gasteiger partial charge >= 0.3 is 0 Å². The molecule has 7 heteroatoms. The summed E-state index contributed by atoms with van der Waals surface area (Å²) in [4.78, 5) is 16.5. The average molecular weight is 424 g/mol. The van der Waals surface area contributed by atoms with Gasteiger partial charge in [-0.3, -0.25) is 4.79 Å². The lowest BCUT2D eigenvalue weighted by molar-refractivity contribution is -0.124. The largest absolute Gasteiger partial charge is 0.484 e. The van der Waals surface area contributed by atoms with E-state index in [0.29, 0.717) is 30.3 Å². The normalized spacial score (nSPS) is 16.1. The number of rotatable bonds is 8. The highest BCUT2D eigenvalue weighted by Crippen LogP contribution is 2.23. The number of hydrogen-bond acceptors (Lipinski definition) is 5. The smallest absolute Gasteiger partial charge is 0.258 e. The summed E-state index contributed by atoms with van der Waals surface area (Å²) in [5.41, 5.74) is 2.50. The van der Waals surface area contributed by atoms with Gasteiger partial charge in [0.2, 0.25) is 0 Å². The molecule has 0 saturated carbocycles. The van der Waals surface area contributed by atoms with E-state index in [1.54, 1.807) is 30.5 Å². The number of nitrogens with zero attached hydrogens (tertiary/aromatic N) is 1. The maximum absolute atomic E-state index is 13.0. The summed E-state index contributed by atoms with van der Waals surface area (Å²) >= 11 is 0. The Kier molecular flexibility index (Phi) is 6.94. The van der Waals surface area contributed by atoms with Crippen LogP contribution in [0.15, 0.2) is 59.2 Å². The first-order chi connectivity index (χ1) is 15.2. The molecule has 0 bridgehead atoms. The molecule has 1 fully saturated rings. The van der Waals surface area contributed by atoms with Gasteiger partial charge in [0.25, 0.3) is 5.91 Å². The minimum Gasteiger partial charge on any atom is -0.484 e. The first-order valence-corrected chi connectivity index (χ1v) is 10.5. The van der Waals surface area contributed by atoms with Crippen LogP contribution in [0.1, 0.15) is 30.7 Å². The van der Waals surface area contributed by atoms with Crippen LogP contribution in [0.25, 0.3) is 11.3 Å². The molecule has 1 saturated heterocycles. The molecule has 1 unspecified atom stereocenters. The van der Waals surface area contributed by atoms with Crippen LogP contribution in [-0.4, -0.2) is 36.8 Å². The lowest BCUT2D eigenvalue weighted by Crippen LogP contribution is -2.37. The topological polar surface area (TPSA) is 73.6 Å². The Balaban J connectivity index is 1.25. The maximum atomic E-state index is 13.0. The molecule has 1 N–H and O–H groups in total. The molecule has 1 aliphatic rings. The predicted molar refractivity (Wildman–Crippen MR) is 113 cm³/mol. The van der Waals surface area contributed by atoms with Gasteiger partial charge in [-0.25, -0.2) is 9.37 Å². The van der Waals surface area contributed by atoms with E-state index in [2.05, 4.69) is 10.3 Å². The average Bonchev–Trinajstić information content (AvgIpc) is 3.27. The van der Waals surface area contributed by atoms with Crippen LogP contribution < -0.4 is 10.1 Å². The molecule has 1 amide bonds. The Morgan fingerprint density at radius 2 is 1.94 bits per heavy atom. The van der Waals surface area contributed by atoms with Crippen molar-refractivity contribution in [3.8, 4) is 17.0 Å². The maximum Gasteiger partial charge on any atom is 0.258 e. The highest BCUT2D eigenvalue weighted by Gasteiger charge is 2.15. The summed E-state index contributed by atoms with van der Waals surface area (Å²) in [6.45, 7) is 1.24. The Morgan fingerprint density at radius 3 is 2.68 bits per heavy atom. The van der Waals surface area contributed by atoms with Crippen molar-refractivity contribution in [1.82, 2.24) is 10.3 Å². The zero-order valence-electron chi connectivity index (χ0n) is 17.2. The van der Waals surface area contributed by atoms with E-state index in [1.165, 1.54) is 12.1 Å². The summed E-state index contributed by atoms with van der Waals surface area (Å²) in [6.07, 6.45) is 5.40. The monoisotopic (exact) mass is 424 g/mol.